The van der Waals surface area contributed by atoms with Crippen molar-refractivity contribution >= 4 is 86.8 Å². The molecule has 0 saturated heterocycles. The number of nitrogens with two attached hydrogens (primary N) is 5. The smallest absolute Gasteiger partial charge is 0.220 e. The summed E-state index contributed by atoms with van der Waals surface area (Å²) in [5.41, 5.74) is 32.1. The zero-order valence-corrected chi connectivity index (χ0v) is 60.9. The average molecular weight is 1390 g/mol. The number of hydrogen-bond donors (Lipinski definition) is 15. The Bertz CT molecular complexity index is 3240. The zero-order valence-electron chi connectivity index (χ0n) is 60.9. The fourth-order valence-corrected chi connectivity index (χ4v) is 12.6. The Morgan fingerprint density at radius 3 is 1.03 bits per heavy atom. The van der Waals surface area contributed by atoms with E-state index in [2.05, 4.69) is 62.5 Å². The second-order valence-corrected chi connectivity index (χ2v) is 28.0. The summed E-state index contributed by atoms with van der Waals surface area (Å²) < 4.78 is 0. The molecule has 0 radical (unpaired) electrons. The van der Waals surface area contributed by atoms with Crippen molar-refractivity contribution < 1.29 is 43.2 Å². The molecule has 0 bridgehead atoms. The second kappa shape index (κ2) is 46.0. The van der Waals surface area contributed by atoms with E-state index in [0.29, 0.717) is 116 Å². The Morgan fingerprint density at radius 2 is 0.690 bits per heavy atom. The predicted octanol–water partition coefficient (Wildman–Crippen LogP) is 6.37. The first-order valence-electron chi connectivity index (χ1n) is 36.4. The van der Waals surface area contributed by atoms with Crippen molar-refractivity contribution in [3.63, 3.8) is 0 Å². The number of aromatic amines is 2. The van der Waals surface area contributed by atoms with Crippen LogP contribution in [0.15, 0.2) is 70.9 Å². The molecule has 26 nitrogen and oxygen atoms in total. The normalized spacial score (nSPS) is 13.8. The van der Waals surface area contributed by atoms with Crippen molar-refractivity contribution in [3.8, 4) is 0 Å². The SMILES string of the molecule is CC(=O)CC[C@@H](NC(=O)CC[C@H](CCCN=C(N)N)NC(=O)CC[C@H](Cc1c[nH]c2ccccc12)NC(=O)CC[C@H](CCCN=C(N)N)NC(=O)CC[C@@H](NC(=O)CC[C@H](Cc1c[nH]c2ccccc12)NC(=O)CC[C@H](CCCCN)NC(=O)CC[C@@H](NC(C)=O)C(C)C)C(C)C)C(C)C. The van der Waals surface area contributed by atoms with Gasteiger partial charge in [-0.2, -0.15) is 0 Å². The minimum atomic E-state index is -0.464. The number of H-pyrrole nitrogens is 2. The van der Waals surface area contributed by atoms with E-state index in [0.717, 1.165) is 45.8 Å². The molecule has 0 unspecified atom stereocenters. The number of hydrogen-bond acceptors (Lipinski definition) is 12. The number of carbonyl (C=O) groups is 9. The van der Waals surface area contributed by atoms with Crippen LogP contribution in [-0.4, -0.2) is 143 Å². The van der Waals surface area contributed by atoms with Crippen molar-refractivity contribution in [2.45, 2.75) is 264 Å². The molecule has 8 amide bonds. The van der Waals surface area contributed by atoms with Gasteiger partial charge in [-0.05, 0) is 157 Å². The largest absolute Gasteiger partial charge is 0.370 e. The molecule has 26 heteroatoms. The number of Topliss-reactive ketones (excluding diaryl/α,β-unsaturated/α-hetero) is 1. The van der Waals surface area contributed by atoms with Gasteiger partial charge in [0.2, 0.25) is 47.3 Å². The molecular weight excluding hydrogens is 1270 g/mol. The van der Waals surface area contributed by atoms with E-state index in [-0.39, 0.29) is 164 Å². The summed E-state index contributed by atoms with van der Waals surface area (Å²) in [4.78, 5) is 135. The van der Waals surface area contributed by atoms with Gasteiger partial charge in [0.1, 0.15) is 5.78 Å². The molecule has 2 aromatic carbocycles. The standard InChI is InChI=1S/C74H121N17O9/c1-47(2)61(84-51(8)93)31-38-69(97)85-54(17-13-14-40-75)25-33-67(95)89-58(44-53-46-83-65-23-12-10-21-60(53)65)29-37-72(100)91-63(49(5)6)32-39-70(98)87-55(18-15-41-80-73(76)77)26-34-68(96)88-57(43-52-45-82-64-22-11-9-20-59(52)64)28-36-66(94)86-56(19-16-42-81-74(78)79)27-35-71(99)90-62(48(3)4)30-24-50(7)92/h9-12,20-23,45-49,54-58,61-63,82-83H,13-19,24-44,75H2,1-8H3,(H,84,93)(H,85,97)(H,86,94)(H,87,98)(H,88,96)(H,89,95)(H,90,99)(H,91,100)(H4,76,77,80)(H4,78,79,81)/t54-,55-,56-,57+,58+,61+,62+,63+/m0/s1. The number of nitrogens with one attached hydrogen (secondary N) is 10. The third kappa shape index (κ3) is 34.5. The third-order valence-corrected chi connectivity index (χ3v) is 18.4. The van der Waals surface area contributed by atoms with Gasteiger partial charge in [-0.25, -0.2) is 0 Å². The highest BCUT2D eigenvalue weighted by Gasteiger charge is 2.26. The maximum Gasteiger partial charge on any atom is 0.220 e. The Balaban J connectivity index is 1.41. The van der Waals surface area contributed by atoms with E-state index in [1.807, 2.05) is 102 Å². The van der Waals surface area contributed by atoms with Crippen LogP contribution >= 0.6 is 0 Å². The van der Waals surface area contributed by atoms with Crippen LogP contribution in [0.3, 0.4) is 0 Å². The number of nitrogens with zero attached hydrogens (tertiary/aromatic N) is 2. The maximum absolute atomic E-state index is 14.1. The first-order valence-corrected chi connectivity index (χ1v) is 36.4. The number of benzene rings is 2. The number of amides is 8. The number of carbonyl (C=O) groups excluding carboxylic acids is 9. The van der Waals surface area contributed by atoms with Gasteiger partial charge in [-0.3, -0.25) is 48.3 Å². The lowest BCUT2D eigenvalue weighted by Crippen LogP contribution is -2.43. The number of ketones is 1. The summed E-state index contributed by atoms with van der Waals surface area (Å²) in [6.45, 7) is 16.1. The Morgan fingerprint density at radius 1 is 0.380 bits per heavy atom. The molecule has 2 heterocycles. The molecule has 0 aliphatic heterocycles. The molecule has 8 atom stereocenters. The van der Waals surface area contributed by atoms with Crippen LogP contribution in [0, 0.1) is 17.8 Å². The van der Waals surface area contributed by atoms with Crippen molar-refractivity contribution in [2.24, 2.45) is 56.4 Å². The predicted molar refractivity (Wildman–Crippen MR) is 397 cm³/mol. The van der Waals surface area contributed by atoms with Crippen molar-refractivity contribution in [1.82, 2.24) is 52.5 Å². The molecule has 0 aliphatic carbocycles. The second-order valence-electron chi connectivity index (χ2n) is 28.0. The molecule has 0 fully saturated rings. The number of aliphatic imine (C=N–C) groups is 2. The van der Waals surface area contributed by atoms with Crippen LogP contribution in [0.25, 0.3) is 21.8 Å². The van der Waals surface area contributed by atoms with E-state index in [1.54, 1.807) is 0 Å². The first kappa shape index (κ1) is 83.9. The Labute approximate surface area is 592 Å². The molecule has 0 saturated carbocycles. The minimum Gasteiger partial charge on any atom is -0.370 e. The number of rotatable bonds is 51. The summed E-state index contributed by atoms with van der Waals surface area (Å²) >= 11 is 0. The maximum atomic E-state index is 14.1. The number of para-hydroxylation sites is 2. The summed E-state index contributed by atoms with van der Waals surface area (Å²) in [6.07, 6.45) is 13.2. The van der Waals surface area contributed by atoms with Crippen LogP contribution in [0.4, 0.5) is 0 Å². The van der Waals surface area contributed by atoms with Gasteiger partial charge in [-0.15, -0.1) is 0 Å². The zero-order chi connectivity index (χ0) is 73.5. The average Bonchev–Trinajstić information content (AvgIpc) is 1.69. The molecule has 556 valence electrons. The monoisotopic (exact) mass is 1390 g/mol. The van der Waals surface area contributed by atoms with E-state index < -0.39 is 18.1 Å². The van der Waals surface area contributed by atoms with Crippen molar-refractivity contribution in [1.29, 1.82) is 0 Å². The molecule has 20 N–H and O–H groups in total. The molecule has 4 aromatic rings. The van der Waals surface area contributed by atoms with Crippen LogP contribution in [0.2, 0.25) is 0 Å². The van der Waals surface area contributed by atoms with Crippen molar-refractivity contribution in [2.75, 3.05) is 19.6 Å². The lowest BCUT2D eigenvalue weighted by Gasteiger charge is -2.25. The van der Waals surface area contributed by atoms with E-state index >= 15 is 0 Å². The first-order chi connectivity index (χ1) is 47.7. The van der Waals surface area contributed by atoms with Crippen LogP contribution in [-0.2, 0) is 56.0 Å². The highest BCUT2D eigenvalue weighted by Crippen LogP contribution is 2.24. The van der Waals surface area contributed by atoms with Gasteiger partial charge in [0.25, 0.3) is 0 Å². The number of fused-ring (bicyclic) bond motifs is 2. The molecule has 2 aromatic heterocycles. The van der Waals surface area contributed by atoms with Crippen LogP contribution in [0.1, 0.15) is 214 Å². The van der Waals surface area contributed by atoms with E-state index in [4.69, 9.17) is 28.7 Å². The fraction of sp³-hybridized carbons (Fsp3) is 0.635. The van der Waals surface area contributed by atoms with Crippen LogP contribution in [0.5, 0.6) is 0 Å². The van der Waals surface area contributed by atoms with Gasteiger partial charge in [0, 0.05) is 154 Å². The van der Waals surface area contributed by atoms with Gasteiger partial charge in [0.15, 0.2) is 11.9 Å². The lowest BCUT2D eigenvalue weighted by atomic mass is 9.97. The Hall–Kier alpha value is -8.55. The van der Waals surface area contributed by atoms with E-state index in [9.17, 15) is 43.2 Å². The molecule has 0 spiro atoms. The van der Waals surface area contributed by atoms with Crippen LogP contribution < -0.4 is 71.2 Å². The fourth-order valence-electron chi connectivity index (χ4n) is 12.6. The summed E-state index contributed by atoms with van der Waals surface area (Å²) in [5.74, 6) is -1.45. The molecule has 100 heavy (non-hydrogen) atoms. The lowest BCUT2D eigenvalue weighted by molar-refractivity contribution is -0.125. The topological polar surface area (TPSA) is 436 Å². The molecule has 4 rings (SSSR count). The third-order valence-electron chi connectivity index (χ3n) is 18.4. The highest BCUT2D eigenvalue weighted by atomic mass is 16.2. The van der Waals surface area contributed by atoms with Gasteiger partial charge >= 0.3 is 0 Å². The molecular formula is C74H121N17O9. The Kier molecular flexibility index (Phi) is 38.6. The number of unbranched alkanes of at least 4 members (excludes halogenated alkanes) is 1. The summed E-state index contributed by atoms with van der Waals surface area (Å²) in [5, 5.41) is 27.1. The van der Waals surface area contributed by atoms with Gasteiger partial charge in [0.05, 0.1) is 0 Å². The summed E-state index contributed by atoms with van der Waals surface area (Å²) in [7, 11) is 0. The number of guanidine groups is 2. The highest BCUT2D eigenvalue weighted by molar-refractivity contribution is 5.85. The number of aromatic nitrogens is 2. The molecule has 0 aliphatic rings. The van der Waals surface area contributed by atoms with E-state index in [1.165, 1.54) is 13.8 Å². The van der Waals surface area contributed by atoms with Crippen molar-refractivity contribution in [3.05, 3.63) is 72.1 Å². The van der Waals surface area contributed by atoms with Gasteiger partial charge in [-0.1, -0.05) is 84.4 Å². The van der Waals surface area contributed by atoms with Gasteiger partial charge < -0.3 is 86.0 Å². The summed E-state index contributed by atoms with van der Waals surface area (Å²) in [6, 6.07) is 13.1. The quantitative estimate of drug-likeness (QED) is 0.0130. The minimum absolute atomic E-state index is 0.0389.